The van der Waals surface area contributed by atoms with Crippen LogP contribution in [0.2, 0.25) is 5.02 Å². The number of hydrogen-bond donors (Lipinski definition) is 0. The van der Waals surface area contributed by atoms with Crippen molar-refractivity contribution in [2.45, 2.75) is 20.3 Å². The van der Waals surface area contributed by atoms with E-state index >= 15 is 0 Å². The molecule has 0 amide bonds. The number of halogens is 3. The van der Waals surface area contributed by atoms with Crippen molar-refractivity contribution in [3.05, 3.63) is 59.4 Å². The van der Waals surface area contributed by atoms with E-state index in [-0.39, 0.29) is 0 Å². The number of rotatable bonds is 3. The first-order valence-corrected chi connectivity index (χ1v) is 9.58. The van der Waals surface area contributed by atoms with E-state index in [0.717, 1.165) is 16.6 Å². The molecule has 0 fully saturated rings. The molecule has 0 unspecified atom stereocenters. The molecular weight excluding hydrogens is 408 g/mol. The van der Waals surface area contributed by atoms with Gasteiger partial charge in [0.1, 0.15) is 12.1 Å². The fourth-order valence-corrected chi connectivity index (χ4v) is 3.15. The van der Waals surface area contributed by atoms with E-state index in [1.807, 2.05) is 42.3 Å². The maximum absolute atomic E-state index is 13.1. The molecule has 0 saturated heterocycles. The van der Waals surface area contributed by atoms with E-state index in [0.29, 0.717) is 22.2 Å². The predicted molar refractivity (Wildman–Crippen MR) is 114 cm³/mol. The number of fused-ring (bicyclic) bond motifs is 3. The van der Waals surface area contributed by atoms with Crippen LogP contribution in [0.4, 0.5) is 20.3 Å². The van der Waals surface area contributed by atoms with Crippen LogP contribution in [0.5, 0.6) is 0 Å². The van der Waals surface area contributed by atoms with Crippen molar-refractivity contribution in [2.75, 3.05) is 11.9 Å². The zero-order chi connectivity index (χ0) is 21.5. The third kappa shape index (κ3) is 3.66. The van der Waals surface area contributed by atoms with Gasteiger partial charge in [-0.3, -0.25) is 4.40 Å². The normalized spacial score (nSPS) is 11.7. The van der Waals surface area contributed by atoms with Gasteiger partial charge < -0.3 is 4.90 Å². The molecule has 2 heterocycles. The van der Waals surface area contributed by atoms with E-state index in [1.165, 1.54) is 13.8 Å². The van der Waals surface area contributed by atoms with Crippen molar-refractivity contribution in [3.63, 3.8) is 0 Å². The number of aromatic nitrogens is 4. The smallest absolute Gasteiger partial charge is 0.257 e. The van der Waals surface area contributed by atoms with Crippen molar-refractivity contribution >= 4 is 39.8 Å². The van der Waals surface area contributed by atoms with Crippen LogP contribution < -0.4 is 4.90 Å². The highest BCUT2D eigenvalue weighted by molar-refractivity contribution is 6.31. The molecule has 4 rings (SSSR count). The van der Waals surface area contributed by atoms with Gasteiger partial charge in [0.15, 0.2) is 0 Å². The van der Waals surface area contributed by atoms with Gasteiger partial charge in [-0.1, -0.05) is 29.5 Å². The van der Waals surface area contributed by atoms with Crippen LogP contribution in [0.25, 0.3) is 16.7 Å². The van der Waals surface area contributed by atoms with Gasteiger partial charge in [0, 0.05) is 28.7 Å². The molecule has 4 aromatic rings. The van der Waals surface area contributed by atoms with Crippen molar-refractivity contribution in [3.8, 4) is 11.8 Å². The summed E-state index contributed by atoms with van der Waals surface area (Å²) in [6, 6.07) is 12.9. The molecule has 2 aromatic heterocycles. The van der Waals surface area contributed by atoms with E-state index in [2.05, 4.69) is 27.0 Å². The Morgan fingerprint density at radius 3 is 2.73 bits per heavy atom. The lowest BCUT2D eigenvalue weighted by Gasteiger charge is -2.21. The molecule has 2 aromatic carbocycles. The Morgan fingerprint density at radius 1 is 1.17 bits per heavy atom. The lowest BCUT2D eigenvalue weighted by molar-refractivity contribution is 0.0570. The van der Waals surface area contributed by atoms with E-state index in [1.54, 1.807) is 22.9 Å². The van der Waals surface area contributed by atoms with Gasteiger partial charge in [0.2, 0.25) is 0 Å². The highest BCUT2D eigenvalue weighted by Gasteiger charge is 2.26. The van der Waals surface area contributed by atoms with Crippen molar-refractivity contribution in [1.82, 2.24) is 19.6 Å². The Balaban J connectivity index is 1.79. The van der Waals surface area contributed by atoms with Gasteiger partial charge in [0.05, 0.1) is 10.9 Å². The molecule has 30 heavy (non-hydrogen) atoms. The summed E-state index contributed by atoms with van der Waals surface area (Å²) >= 11 is 6.19. The number of alkyl halides is 2. The zero-order valence-corrected chi connectivity index (χ0v) is 17.3. The lowest BCUT2D eigenvalue weighted by atomic mass is 9.95. The van der Waals surface area contributed by atoms with Crippen LogP contribution in [-0.2, 0) is 0 Å². The summed E-state index contributed by atoms with van der Waals surface area (Å²) in [5.74, 6) is 6.64. The van der Waals surface area contributed by atoms with E-state index in [4.69, 9.17) is 11.6 Å². The Morgan fingerprint density at radius 2 is 1.97 bits per heavy atom. The first kappa shape index (κ1) is 20.0. The SMILES string of the molecule is CN(c1cccc(C#CC(C)(C)C(F)F)c1)c1nc2nncn2c2cc(Cl)ccc12. The molecule has 0 radical (unpaired) electrons. The Bertz CT molecular complexity index is 1300. The van der Waals surface area contributed by atoms with E-state index < -0.39 is 11.8 Å². The van der Waals surface area contributed by atoms with Crippen molar-refractivity contribution < 1.29 is 8.78 Å². The molecular formula is C22H18ClF2N5. The summed E-state index contributed by atoms with van der Waals surface area (Å²) < 4.78 is 27.9. The van der Waals surface area contributed by atoms with Gasteiger partial charge >= 0.3 is 0 Å². The highest BCUT2D eigenvalue weighted by Crippen LogP contribution is 2.32. The Hall–Kier alpha value is -3.24. The molecule has 8 heteroatoms. The molecule has 0 aliphatic rings. The summed E-state index contributed by atoms with van der Waals surface area (Å²) in [5.41, 5.74) is 0.903. The van der Waals surface area contributed by atoms with Gasteiger partial charge in [-0.05, 0) is 50.2 Å². The second-order valence-corrected chi connectivity index (χ2v) is 7.92. The maximum atomic E-state index is 13.1. The van der Waals surface area contributed by atoms with E-state index in [9.17, 15) is 8.78 Å². The molecule has 0 N–H and O–H groups in total. The average molecular weight is 426 g/mol. The summed E-state index contributed by atoms with van der Waals surface area (Å²) in [5, 5.41) is 9.46. The number of nitrogens with zero attached hydrogens (tertiary/aromatic N) is 5. The average Bonchev–Trinajstić information content (AvgIpc) is 3.20. The Labute approximate surface area is 177 Å². The van der Waals surface area contributed by atoms with Crippen LogP contribution in [0.3, 0.4) is 0 Å². The first-order valence-electron chi connectivity index (χ1n) is 9.20. The van der Waals surface area contributed by atoms with Crippen molar-refractivity contribution in [2.24, 2.45) is 5.41 Å². The zero-order valence-electron chi connectivity index (χ0n) is 16.6. The van der Waals surface area contributed by atoms with Gasteiger partial charge in [0.25, 0.3) is 12.2 Å². The number of anilines is 2. The molecule has 0 aliphatic heterocycles. The quantitative estimate of drug-likeness (QED) is 0.415. The van der Waals surface area contributed by atoms with Crippen LogP contribution in [0, 0.1) is 17.3 Å². The molecule has 0 atom stereocenters. The Kier molecular flexibility index (Phi) is 5.04. The van der Waals surface area contributed by atoms with Gasteiger partial charge in [-0.2, -0.15) is 4.98 Å². The minimum atomic E-state index is -2.52. The van der Waals surface area contributed by atoms with Crippen LogP contribution >= 0.6 is 11.6 Å². The number of hydrogen-bond acceptors (Lipinski definition) is 4. The van der Waals surface area contributed by atoms with Gasteiger partial charge in [-0.15, -0.1) is 10.2 Å². The minimum absolute atomic E-state index is 0.446. The summed E-state index contributed by atoms with van der Waals surface area (Å²) in [6.07, 6.45) is -0.931. The highest BCUT2D eigenvalue weighted by atomic mass is 35.5. The molecule has 152 valence electrons. The second kappa shape index (κ2) is 7.54. The van der Waals surface area contributed by atoms with Gasteiger partial charge in [-0.25, -0.2) is 8.78 Å². The third-order valence-corrected chi connectivity index (χ3v) is 5.06. The molecule has 0 saturated carbocycles. The first-order chi connectivity index (χ1) is 14.3. The topological polar surface area (TPSA) is 46.3 Å². The standard InChI is InChI=1S/C22H18ClF2N5/c1-22(2,20(24)25)10-9-14-5-4-6-16(11-14)29(3)19-17-8-7-15(23)12-18(17)30-13-26-28-21(30)27-19/h4-8,11-13,20H,1-3H3. The fraction of sp³-hybridized carbons (Fsp3) is 0.227. The van der Waals surface area contributed by atoms with Crippen LogP contribution in [0.1, 0.15) is 19.4 Å². The second-order valence-electron chi connectivity index (χ2n) is 7.48. The van der Waals surface area contributed by atoms with Crippen LogP contribution in [-0.4, -0.2) is 33.1 Å². The monoisotopic (exact) mass is 425 g/mol. The summed E-state index contributed by atoms with van der Waals surface area (Å²) in [4.78, 5) is 6.54. The lowest BCUT2D eigenvalue weighted by Crippen LogP contribution is -2.19. The molecule has 5 nitrogen and oxygen atoms in total. The summed E-state index contributed by atoms with van der Waals surface area (Å²) in [6.45, 7) is 2.85. The molecule has 0 bridgehead atoms. The van der Waals surface area contributed by atoms with Crippen molar-refractivity contribution in [1.29, 1.82) is 0 Å². The third-order valence-electron chi connectivity index (χ3n) is 4.82. The fourth-order valence-electron chi connectivity index (χ4n) is 2.98. The minimum Gasteiger partial charge on any atom is -0.329 e. The number of benzene rings is 2. The summed E-state index contributed by atoms with van der Waals surface area (Å²) in [7, 11) is 1.87. The molecule has 0 aliphatic carbocycles. The largest absolute Gasteiger partial charge is 0.329 e. The van der Waals surface area contributed by atoms with Crippen LogP contribution in [0.15, 0.2) is 48.8 Å². The molecule has 0 spiro atoms. The predicted octanol–water partition coefficient (Wildman–Crippen LogP) is 5.34. The maximum Gasteiger partial charge on any atom is 0.257 e.